The minimum Gasteiger partial charge on any atom is -0.364 e. The molecule has 2 N–H and O–H groups in total. The molecule has 0 saturated carbocycles. The molecule has 0 bridgehead atoms. The van der Waals surface area contributed by atoms with Gasteiger partial charge in [-0.25, -0.2) is 0 Å². The van der Waals surface area contributed by atoms with Crippen LogP contribution < -0.4 is 5.32 Å². The minimum absolute atomic E-state index is 0.782. The van der Waals surface area contributed by atoms with Crippen LogP contribution in [-0.4, -0.2) is 65.2 Å². The van der Waals surface area contributed by atoms with Gasteiger partial charge >= 0.3 is 0 Å². The number of hydrogen-bond donors (Lipinski definition) is 2. The van der Waals surface area contributed by atoms with Gasteiger partial charge in [0, 0.05) is 68.5 Å². The Hall–Kier alpha value is -2.80. The molecule has 1 fully saturated rings. The number of fused-ring (bicyclic) bond motifs is 1. The first-order valence-corrected chi connectivity index (χ1v) is 10.5. The van der Waals surface area contributed by atoms with Crippen LogP contribution in [-0.2, 0) is 13.0 Å². The smallest absolute Gasteiger partial charge is 0.194 e. The van der Waals surface area contributed by atoms with Crippen LogP contribution in [0.1, 0.15) is 23.9 Å². The molecule has 4 rings (SSSR count). The molecule has 0 radical (unpaired) electrons. The second kappa shape index (κ2) is 9.13. The van der Waals surface area contributed by atoms with E-state index in [0.29, 0.717) is 0 Å². The third kappa shape index (κ3) is 4.62. The zero-order valence-electron chi connectivity index (χ0n) is 17.3. The highest BCUT2D eigenvalue weighted by molar-refractivity contribution is 5.84. The van der Waals surface area contributed by atoms with Crippen molar-refractivity contribution in [1.29, 1.82) is 0 Å². The van der Waals surface area contributed by atoms with Crippen molar-refractivity contribution >= 4 is 16.9 Å². The fourth-order valence-electron chi connectivity index (χ4n) is 4.02. The summed E-state index contributed by atoms with van der Waals surface area (Å²) in [5.74, 6) is 1.02. The third-order valence-corrected chi connectivity index (χ3v) is 5.53. The van der Waals surface area contributed by atoms with Gasteiger partial charge in [-0.15, -0.1) is 0 Å². The monoisotopic (exact) mass is 394 g/mol. The van der Waals surface area contributed by atoms with Crippen molar-refractivity contribution in [3.8, 4) is 0 Å². The summed E-state index contributed by atoms with van der Waals surface area (Å²) in [4.78, 5) is 13.2. The highest BCUT2D eigenvalue weighted by Gasteiger charge is 2.20. The Morgan fingerprint density at radius 2 is 2.03 bits per heavy atom. The van der Waals surface area contributed by atoms with Gasteiger partial charge in [-0.1, -0.05) is 23.4 Å². The zero-order chi connectivity index (χ0) is 20.1. The molecule has 0 amide bonds. The van der Waals surface area contributed by atoms with E-state index >= 15 is 0 Å². The van der Waals surface area contributed by atoms with E-state index in [1.807, 2.05) is 6.07 Å². The van der Waals surface area contributed by atoms with Crippen LogP contribution in [0, 0.1) is 6.92 Å². The predicted molar refractivity (Wildman–Crippen MR) is 116 cm³/mol. The summed E-state index contributed by atoms with van der Waals surface area (Å²) in [6, 6.07) is 10.4. The van der Waals surface area contributed by atoms with Gasteiger partial charge in [0.1, 0.15) is 6.26 Å². The van der Waals surface area contributed by atoms with Crippen molar-refractivity contribution in [2.24, 2.45) is 4.99 Å². The van der Waals surface area contributed by atoms with Crippen molar-refractivity contribution in [2.75, 3.05) is 39.3 Å². The Bertz CT molecular complexity index is 938. The lowest BCUT2D eigenvalue weighted by molar-refractivity contribution is 0.169. The van der Waals surface area contributed by atoms with Crippen molar-refractivity contribution in [3.63, 3.8) is 0 Å². The lowest BCUT2D eigenvalue weighted by atomic mass is 10.1. The van der Waals surface area contributed by atoms with Crippen molar-refractivity contribution in [3.05, 3.63) is 53.5 Å². The molecule has 1 aliphatic heterocycles. The molecule has 3 heterocycles. The SMILES string of the molecule is CCNC(=NCCc1c(C)[nH]c2ccccc12)N1CCN(Cc2ccon2)CC1. The molecule has 0 aliphatic carbocycles. The van der Waals surface area contributed by atoms with Crippen molar-refractivity contribution in [1.82, 2.24) is 25.3 Å². The van der Waals surface area contributed by atoms with Crippen LogP contribution in [0.15, 0.2) is 46.1 Å². The number of nitrogens with one attached hydrogen (secondary N) is 2. The summed E-state index contributed by atoms with van der Waals surface area (Å²) in [7, 11) is 0. The van der Waals surface area contributed by atoms with Crippen LogP contribution in [0.25, 0.3) is 10.9 Å². The first-order chi connectivity index (χ1) is 14.2. The van der Waals surface area contributed by atoms with Gasteiger partial charge in [0.2, 0.25) is 0 Å². The lowest BCUT2D eigenvalue weighted by Crippen LogP contribution is -2.52. The molecular weight excluding hydrogens is 364 g/mol. The number of aryl methyl sites for hydroxylation is 1. The average Bonchev–Trinajstić information content (AvgIpc) is 3.35. The first kappa shape index (κ1) is 19.5. The molecule has 1 aliphatic rings. The molecule has 1 aromatic carbocycles. The molecule has 0 atom stereocenters. The Balaban J connectivity index is 1.36. The maximum atomic E-state index is 4.94. The van der Waals surface area contributed by atoms with E-state index in [4.69, 9.17) is 9.52 Å². The van der Waals surface area contributed by atoms with Crippen LogP contribution in [0.4, 0.5) is 0 Å². The number of nitrogens with zero attached hydrogens (tertiary/aromatic N) is 4. The van der Waals surface area contributed by atoms with E-state index in [2.05, 4.69) is 63.4 Å². The fourth-order valence-corrected chi connectivity index (χ4v) is 4.02. The number of aromatic amines is 1. The van der Waals surface area contributed by atoms with Crippen molar-refractivity contribution in [2.45, 2.75) is 26.8 Å². The summed E-state index contributed by atoms with van der Waals surface area (Å²) in [5.41, 5.74) is 4.82. The Morgan fingerprint density at radius 3 is 2.79 bits per heavy atom. The van der Waals surface area contributed by atoms with Gasteiger partial charge in [0.25, 0.3) is 0 Å². The summed E-state index contributed by atoms with van der Waals surface area (Å²) in [6.07, 6.45) is 2.58. The molecule has 1 saturated heterocycles. The van der Waals surface area contributed by atoms with E-state index in [0.717, 1.165) is 63.9 Å². The molecule has 2 aromatic heterocycles. The minimum atomic E-state index is 0.782. The normalized spacial score (nSPS) is 15.9. The first-order valence-electron chi connectivity index (χ1n) is 10.5. The van der Waals surface area contributed by atoms with E-state index in [1.54, 1.807) is 6.26 Å². The number of piperazine rings is 1. The number of H-pyrrole nitrogens is 1. The van der Waals surface area contributed by atoms with Gasteiger partial charge in [-0.05, 0) is 31.9 Å². The molecule has 0 spiro atoms. The number of hydrogen-bond acceptors (Lipinski definition) is 4. The Kier molecular flexibility index (Phi) is 6.14. The molecule has 154 valence electrons. The number of benzene rings is 1. The molecule has 7 nitrogen and oxygen atoms in total. The summed E-state index contributed by atoms with van der Waals surface area (Å²) < 4.78 is 4.94. The van der Waals surface area contributed by atoms with Gasteiger partial charge in [0.05, 0.1) is 5.69 Å². The molecule has 3 aromatic rings. The number of rotatable bonds is 6. The molecule has 0 unspecified atom stereocenters. The third-order valence-electron chi connectivity index (χ3n) is 5.53. The number of para-hydroxylation sites is 1. The molecular formula is C22H30N6O. The van der Waals surface area contributed by atoms with Crippen molar-refractivity contribution < 1.29 is 4.52 Å². The van der Waals surface area contributed by atoms with Crippen LogP contribution in [0.3, 0.4) is 0 Å². The van der Waals surface area contributed by atoms with Crippen LogP contribution in [0.2, 0.25) is 0 Å². The zero-order valence-corrected chi connectivity index (χ0v) is 17.3. The van der Waals surface area contributed by atoms with Gasteiger partial charge in [-0.3, -0.25) is 9.89 Å². The predicted octanol–water partition coefficient (Wildman–Crippen LogP) is 2.79. The average molecular weight is 395 g/mol. The van der Waals surface area contributed by atoms with Gasteiger partial charge in [-0.2, -0.15) is 0 Å². The Morgan fingerprint density at radius 1 is 1.21 bits per heavy atom. The van der Waals surface area contributed by atoms with Gasteiger partial charge in [0.15, 0.2) is 5.96 Å². The highest BCUT2D eigenvalue weighted by atomic mass is 16.5. The van der Waals surface area contributed by atoms with E-state index in [-0.39, 0.29) is 0 Å². The summed E-state index contributed by atoms with van der Waals surface area (Å²) in [5, 5.41) is 8.80. The van der Waals surface area contributed by atoms with Crippen LogP contribution >= 0.6 is 0 Å². The fraction of sp³-hybridized carbons (Fsp3) is 0.455. The maximum Gasteiger partial charge on any atom is 0.194 e. The number of aliphatic imine (C=N–C) groups is 1. The second-order valence-corrected chi connectivity index (χ2v) is 7.51. The standard InChI is InChI=1S/C22H30N6O/c1-3-23-22(28-13-11-27(12-14-28)16-18-9-15-29-26-18)24-10-8-19-17(2)25-21-7-5-4-6-20(19)21/h4-7,9,15,25H,3,8,10-14,16H2,1-2H3,(H,23,24). The maximum absolute atomic E-state index is 4.94. The Labute approximate surface area is 171 Å². The quantitative estimate of drug-likeness (QED) is 0.497. The molecule has 29 heavy (non-hydrogen) atoms. The summed E-state index contributed by atoms with van der Waals surface area (Å²) >= 11 is 0. The largest absolute Gasteiger partial charge is 0.364 e. The highest BCUT2D eigenvalue weighted by Crippen LogP contribution is 2.22. The number of guanidine groups is 1. The lowest BCUT2D eigenvalue weighted by Gasteiger charge is -2.36. The number of aromatic nitrogens is 2. The second-order valence-electron chi connectivity index (χ2n) is 7.51. The van der Waals surface area contributed by atoms with Gasteiger partial charge < -0.3 is 19.7 Å². The van der Waals surface area contributed by atoms with E-state index < -0.39 is 0 Å². The topological polar surface area (TPSA) is 72.7 Å². The summed E-state index contributed by atoms with van der Waals surface area (Å²) in [6.45, 7) is 10.7. The van der Waals surface area contributed by atoms with Crippen LogP contribution in [0.5, 0.6) is 0 Å². The molecule has 7 heteroatoms. The van der Waals surface area contributed by atoms with E-state index in [1.165, 1.54) is 22.2 Å². The van der Waals surface area contributed by atoms with E-state index in [9.17, 15) is 0 Å².